The monoisotopic (exact) mass is 216 g/mol. The van der Waals surface area contributed by atoms with Crippen LogP contribution in [-0.2, 0) is 5.92 Å². The number of hydrogen-bond donors (Lipinski definition) is 1. The quantitative estimate of drug-likeness (QED) is 0.567. The van der Waals surface area contributed by atoms with Crippen LogP contribution >= 0.6 is 0 Å². The molecule has 1 aromatic heterocycles. The molecule has 2 aliphatic carbocycles. The Hall–Kier alpha value is -1.55. The summed E-state index contributed by atoms with van der Waals surface area (Å²) >= 11 is 0. The first-order valence-electron chi connectivity index (χ1n) is 4.25. The number of allylic oxidation sites excluding steroid dienone is 1. The summed E-state index contributed by atoms with van der Waals surface area (Å²) in [5.41, 5.74) is 1.38. The second kappa shape index (κ2) is 2.33. The molecule has 0 amide bonds. The summed E-state index contributed by atoms with van der Waals surface area (Å²) in [5, 5.41) is 5.24. The summed E-state index contributed by atoms with van der Waals surface area (Å²) in [7, 11) is 0. The Balaban J connectivity index is 2.27. The van der Waals surface area contributed by atoms with Gasteiger partial charge >= 0.3 is 5.92 Å². The molecule has 0 saturated heterocycles. The minimum Gasteiger partial charge on any atom is -0.276 e. The molecule has 3 rings (SSSR count). The van der Waals surface area contributed by atoms with Gasteiger partial charge in [-0.1, -0.05) is 0 Å². The first-order chi connectivity index (χ1) is 7.03. The molecule has 0 radical (unpaired) electrons. The Morgan fingerprint density at radius 1 is 1.47 bits per heavy atom. The van der Waals surface area contributed by atoms with Crippen molar-refractivity contribution in [1.82, 2.24) is 10.2 Å². The highest BCUT2D eigenvalue weighted by Gasteiger charge is 2.56. The predicted molar refractivity (Wildman–Crippen MR) is 42.4 cm³/mol. The topological polar surface area (TPSA) is 28.7 Å². The summed E-state index contributed by atoms with van der Waals surface area (Å²) < 4.78 is 51.9. The second-order valence-electron chi connectivity index (χ2n) is 3.49. The minimum atomic E-state index is -3.18. The maximum atomic E-state index is 13.5. The standard InChI is InChI=1S/C9H4F4N2/c10-8(11)6-5-3-1-2-4(3)9(12,13)7(5)15-14-6/h2,4,8H,(H,14,15). The van der Waals surface area contributed by atoms with E-state index in [2.05, 4.69) is 10.8 Å². The van der Waals surface area contributed by atoms with Crippen LogP contribution in [0.15, 0.2) is 11.8 Å². The number of rotatable bonds is 1. The van der Waals surface area contributed by atoms with Crippen LogP contribution in [0.3, 0.4) is 0 Å². The molecule has 15 heavy (non-hydrogen) atoms. The van der Waals surface area contributed by atoms with E-state index in [9.17, 15) is 17.6 Å². The van der Waals surface area contributed by atoms with Crippen molar-refractivity contribution in [1.29, 1.82) is 0 Å². The van der Waals surface area contributed by atoms with Gasteiger partial charge in [0.2, 0.25) is 0 Å². The molecule has 0 spiro atoms. The molecular formula is C9H4F4N2. The fourth-order valence-electron chi connectivity index (χ4n) is 1.94. The van der Waals surface area contributed by atoms with Crippen molar-refractivity contribution < 1.29 is 17.6 Å². The molecule has 0 fully saturated rings. The van der Waals surface area contributed by atoms with E-state index in [4.69, 9.17) is 0 Å². The maximum absolute atomic E-state index is 13.5. The van der Waals surface area contributed by atoms with Gasteiger partial charge in [0, 0.05) is 11.1 Å². The van der Waals surface area contributed by atoms with Crippen LogP contribution in [0.25, 0.3) is 5.57 Å². The lowest BCUT2D eigenvalue weighted by Gasteiger charge is -2.19. The third-order valence-corrected chi connectivity index (χ3v) is 2.70. The molecule has 6 heteroatoms. The summed E-state index contributed by atoms with van der Waals surface area (Å²) in [5.74, 6) is -4.30. The highest BCUT2D eigenvalue weighted by atomic mass is 19.3. The van der Waals surface area contributed by atoms with Crippen LogP contribution in [0, 0.1) is 5.92 Å². The molecule has 1 atom stereocenters. The number of H-pyrrole nitrogens is 1. The van der Waals surface area contributed by atoms with Gasteiger partial charge in [0.05, 0.1) is 5.92 Å². The summed E-state index contributed by atoms with van der Waals surface area (Å²) in [4.78, 5) is 0. The Morgan fingerprint density at radius 3 is 2.73 bits per heavy atom. The number of fused-ring (bicyclic) bond motifs is 3. The van der Waals surface area contributed by atoms with Crippen molar-refractivity contribution >= 4 is 5.57 Å². The van der Waals surface area contributed by atoms with Crippen LogP contribution in [0.4, 0.5) is 17.6 Å². The lowest BCUT2D eigenvalue weighted by atomic mass is 9.91. The summed E-state index contributed by atoms with van der Waals surface area (Å²) in [6.07, 6.45) is -1.64. The van der Waals surface area contributed by atoms with Crippen molar-refractivity contribution in [2.75, 3.05) is 0 Å². The van der Waals surface area contributed by atoms with Gasteiger partial charge in [0.25, 0.3) is 6.43 Å². The molecule has 0 bridgehead atoms. The van der Waals surface area contributed by atoms with Gasteiger partial charge in [-0.15, -0.1) is 5.73 Å². The Bertz CT molecular complexity index is 508. The molecule has 2 nitrogen and oxygen atoms in total. The number of nitrogens with one attached hydrogen (secondary N) is 1. The molecule has 1 N–H and O–H groups in total. The predicted octanol–water partition coefficient (Wildman–Crippen LogP) is 2.62. The molecular weight excluding hydrogens is 212 g/mol. The zero-order valence-corrected chi connectivity index (χ0v) is 7.19. The summed E-state index contributed by atoms with van der Waals surface area (Å²) in [6, 6.07) is 0. The number of hydrogen-bond acceptors (Lipinski definition) is 1. The van der Waals surface area contributed by atoms with E-state index in [0.717, 1.165) is 0 Å². The van der Waals surface area contributed by atoms with Crippen molar-refractivity contribution in [2.24, 2.45) is 5.92 Å². The largest absolute Gasteiger partial charge is 0.303 e. The average molecular weight is 216 g/mol. The van der Waals surface area contributed by atoms with Gasteiger partial charge < -0.3 is 0 Å². The fraction of sp³-hybridized carbons (Fsp3) is 0.333. The van der Waals surface area contributed by atoms with Crippen LogP contribution in [0.2, 0.25) is 0 Å². The van der Waals surface area contributed by atoms with E-state index in [1.165, 1.54) is 6.08 Å². The zero-order chi connectivity index (χ0) is 10.8. The van der Waals surface area contributed by atoms with Crippen molar-refractivity contribution in [3.63, 3.8) is 0 Å². The van der Waals surface area contributed by atoms with Gasteiger partial charge in [-0.05, 0) is 6.08 Å². The number of aromatic nitrogens is 2. The smallest absolute Gasteiger partial charge is 0.276 e. The van der Waals surface area contributed by atoms with Crippen molar-refractivity contribution in [3.05, 3.63) is 28.8 Å². The number of alkyl halides is 4. The molecule has 0 aliphatic heterocycles. The lowest BCUT2D eigenvalue weighted by molar-refractivity contribution is -0.0263. The third-order valence-electron chi connectivity index (χ3n) is 2.70. The first-order valence-corrected chi connectivity index (χ1v) is 4.25. The Morgan fingerprint density at radius 2 is 2.20 bits per heavy atom. The van der Waals surface area contributed by atoms with Crippen LogP contribution in [0.1, 0.15) is 23.4 Å². The fourth-order valence-corrected chi connectivity index (χ4v) is 1.94. The third kappa shape index (κ3) is 0.831. The van der Waals surface area contributed by atoms with Crippen molar-refractivity contribution in [3.8, 4) is 0 Å². The van der Waals surface area contributed by atoms with Gasteiger partial charge in [0.15, 0.2) is 0 Å². The second-order valence-corrected chi connectivity index (χ2v) is 3.49. The van der Waals surface area contributed by atoms with Gasteiger partial charge in [-0.25, -0.2) is 8.78 Å². The molecule has 0 aromatic carbocycles. The molecule has 1 unspecified atom stereocenters. The van der Waals surface area contributed by atoms with Gasteiger partial charge in [-0.2, -0.15) is 13.9 Å². The van der Waals surface area contributed by atoms with Crippen LogP contribution in [-0.4, -0.2) is 10.2 Å². The molecule has 1 aromatic rings. The Labute approximate surface area is 81.3 Å². The molecule has 0 saturated carbocycles. The van der Waals surface area contributed by atoms with Gasteiger partial charge in [0.1, 0.15) is 11.4 Å². The van der Waals surface area contributed by atoms with E-state index >= 15 is 0 Å². The van der Waals surface area contributed by atoms with E-state index in [1.54, 1.807) is 0 Å². The first kappa shape index (κ1) is 8.73. The van der Waals surface area contributed by atoms with Gasteiger partial charge in [-0.3, -0.25) is 5.10 Å². The SMILES string of the molecule is FC(F)c1[nH]nc2c1C1=C=CC1C2(F)F. The lowest BCUT2D eigenvalue weighted by Crippen LogP contribution is -2.21. The maximum Gasteiger partial charge on any atom is 0.303 e. The van der Waals surface area contributed by atoms with Crippen LogP contribution in [0.5, 0.6) is 0 Å². The molecule has 1 heterocycles. The van der Waals surface area contributed by atoms with Crippen LogP contribution < -0.4 is 0 Å². The number of nitrogens with zero attached hydrogens (tertiary/aromatic N) is 1. The molecule has 2 aliphatic rings. The molecule has 78 valence electrons. The number of aromatic amines is 1. The number of halogens is 4. The normalized spacial score (nSPS) is 24.9. The van der Waals surface area contributed by atoms with E-state index in [1.807, 2.05) is 5.10 Å². The van der Waals surface area contributed by atoms with E-state index in [0.29, 0.717) is 0 Å². The zero-order valence-electron chi connectivity index (χ0n) is 7.19. The highest BCUT2D eigenvalue weighted by molar-refractivity contribution is 5.81. The highest BCUT2D eigenvalue weighted by Crippen LogP contribution is 2.56. The van der Waals surface area contributed by atoms with Crippen molar-refractivity contribution in [2.45, 2.75) is 12.3 Å². The average Bonchev–Trinajstić information content (AvgIpc) is 2.50. The minimum absolute atomic E-state index is 0.138. The van der Waals surface area contributed by atoms with E-state index < -0.39 is 29.7 Å². The Kier molecular flexibility index (Phi) is 1.36. The van der Waals surface area contributed by atoms with E-state index in [-0.39, 0.29) is 11.1 Å². The summed E-state index contributed by atoms with van der Waals surface area (Å²) in [6.45, 7) is 0.